The predicted molar refractivity (Wildman–Crippen MR) is 72.7 cm³/mol. The predicted octanol–water partition coefficient (Wildman–Crippen LogP) is 2.11. The van der Waals surface area contributed by atoms with Gasteiger partial charge in [-0.15, -0.1) is 0 Å². The summed E-state index contributed by atoms with van der Waals surface area (Å²) in [7, 11) is 1.12. The second-order valence-electron chi connectivity index (χ2n) is 4.87. The summed E-state index contributed by atoms with van der Waals surface area (Å²) in [5.41, 5.74) is -3.42. The van der Waals surface area contributed by atoms with Gasteiger partial charge in [-0.05, 0) is 31.5 Å². The highest BCUT2D eigenvalue weighted by molar-refractivity contribution is 5.82. The minimum absolute atomic E-state index is 0.0322. The molecule has 0 bridgehead atoms. The lowest BCUT2D eigenvalue weighted by Gasteiger charge is -2.26. The number of hydrogen-bond donors (Lipinski definition) is 2. The fourth-order valence-corrected chi connectivity index (χ4v) is 1.51. The van der Waals surface area contributed by atoms with Crippen LogP contribution in [0.15, 0.2) is 24.3 Å². The van der Waals surface area contributed by atoms with Crippen molar-refractivity contribution >= 4 is 12.1 Å². The van der Waals surface area contributed by atoms with Crippen LogP contribution in [0.2, 0.25) is 0 Å². The average molecular weight is 335 g/mol. The van der Waals surface area contributed by atoms with Crippen LogP contribution in [0.25, 0.3) is 0 Å². The first kappa shape index (κ1) is 18.8. The molecule has 1 amide bonds. The van der Waals surface area contributed by atoms with E-state index in [-0.39, 0.29) is 5.75 Å². The Kier molecular flexibility index (Phi) is 5.60. The van der Waals surface area contributed by atoms with Gasteiger partial charge in [-0.25, -0.2) is 9.59 Å². The number of benzene rings is 1. The van der Waals surface area contributed by atoms with Gasteiger partial charge in [0.1, 0.15) is 11.8 Å². The van der Waals surface area contributed by atoms with E-state index in [1.54, 1.807) is 0 Å². The molecule has 0 fully saturated rings. The molecule has 128 valence electrons. The van der Waals surface area contributed by atoms with E-state index in [9.17, 15) is 27.9 Å². The monoisotopic (exact) mass is 335 g/mol. The summed E-state index contributed by atoms with van der Waals surface area (Å²) < 4.78 is 47.3. The van der Waals surface area contributed by atoms with Crippen LogP contribution in [-0.2, 0) is 15.1 Å². The normalized spacial score (nSPS) is 15.3. The number of alkyl halides is 3. The number of hydrogen-bond acceptors (Lipinski definition) is 5. The van der Waals surface area contributed by atoms with Crippen molar-refractivity contribution in [1.82, 2.24) is 5.32 Å². The zero-order valence-electron chi connectivity index (χ0n) is 12.6. The second kappa shape index (κ2) is 6.86. The highest BCUT2D eigenvalue weighted by atomic mass is 19.4. The van der Waals surface area contributed by atoms with Crippen molar-refractivity contribution in [2.24, 2.45) is 0 Å². The number of carbonyl (C=O) groups is 2. The van der Waals surface area contributed by atoms with Crippen LogP contribution in [0.3, 0.4) is 0 Å². The lowest BCUT2D eigenvalue weighted by molar-refractivity contribution is -0.258. The Morgan fingerprint density at radius 1 is 1.22 bits per heavy atom. The largest absolute Gasteiger partial charge is 0.453 e. The number of nitrogens with one attached hydrogen (secondary N) is 1. The summed E-state index contributed by atoms with van der Waals surface area (Å²) in [6, 6.07) is 3.19. The second-order valence-corrected chi connectivity index (χ2v) is 4.87. The molecule has 1 aromatic rings. The molecule has 9 heteroatoms. The molecule has 0 aliphatic rings. The molecule has 0 heterocycles. The van der Waals surface area contributed by atoms with Crippen molar-refractivity contribution in [3.05, 3.63) is 29.8 Å². The minimum atomic E-state index is -4.84. The van der Waals surface area contributed by atoms with E-state index >= 15 is 0 Å². The highest BCUT2D eigenvalue weighted by Gasteiger charge is 2.51. The first-order valence-corrected chi connectivity index (χ1v) is 6.45. The molecule has 1 unspecified atom stereocenters. The molecule has 0 saturated heterocycles. The van der Waals surface area contributed by atoms with Crippen molar-refractivity contribution in [2.45, 2.75) is 31.7 Å². The van der Waals surface area contributed by atoms with Gasteiger partial charge in [0.2, 0.25) is 0 Å². The van der Waals surface area contributed by atoms with E-state index in [2.05, 4.69) is 10.1 Å². The molecule has 6 nitrogen and oxygen atoms in total. The maximum Gasteiger partial charge on any atom is 0.421 e. The third-order valence-electron chi connectivity index (χ3n) is 3.06. The fraction of sp³-hybridized carbons (Fsp3) is 0.429. The third-order valence-corrected chi connectivity index (χ3v) is 3.06. The number of aliphatic hydroxyl groups is 1. The lowest BCUT2D eigenvalue weighted by atomic mass is 9.95. The van der Waals surface area contributed by atoms with E-state index < -0.39 is 35.4 Å². The molecule has 1 rings (SSSR count). The summed E-state index contributed by atoms with van der Waals surface area (Å²) in [6.07, 6.45) is -5.67. The number of carbonyl (C=O) groups excluding carboxylic acids is 2. The van der Waals surface area contributed by atoms with E-state index in [0.717, 1.165) is 31.4 Å². The van der Waals surface area contributed by atoms with Crippen molar-refractivity contribution in [1.29, 1.82) is 0 Å². The van der Waals surface area contributed by atoms with Gasteiger partial charge in [-0.2, -0.15) is 13.2 Å². The van der Waals surface area contributed by atoms with Gasteiger partial charge in [0.05, 0.1) is 7.11 Å². The van der Waals surface area contributed by atoms with Gasteiger partial charge in [0.25, 0.3) is 0 Å². The van der Waals surface area contributed by atoms with Crippen molar-refractivity contribution in [2.75, 3.05) is 7.11 Å². The molecule has 0 aliphatic heterocycles. The fourth-order valence-electron chi connectivity index (χ4n) is 1.51. The quantitative estimate of drug-likeness (QED) is 0.650. The SMILES string of the molecule is COC(=O)N[C@@H](C)C(=O)Oc1ccc(C(C)(O)C(F)(F)F)cc1. The summed E-state index contributed by atoms with van der Waals surface area (Å²) in [6.45, 7) is 1.97. The van der Waals surface area contributed by atoms with Crippen LogP contribution in [-0.4, -0.2) is 36.5 Å². The van der Waals surface area contributed by atoms with Crippen LogP contribution >= 0.6 is 0 Å². The molecule has 2 N–H and O–H groups in total. The van der Waals surface area contributed by atoms with Gasteiger partial charge in [0, 0.05) is 0 Å². The van der Waals surface area contributed by atoms with Crippen molar-refractivity contribution < 1.29 is 37.3 Å². The maximum atomic E-state index is 12.7. The molecule has 2 atom stereocenters. The summed E-state index contributed by atoms with van der Waals surface area (Å²) in [4.78, 5) is 22.6. The highest BCUT2D eigenvalue weighted by Crippen LogP contribution is 2.38. The van der Waals surface area contributed by atoms with E-state index in [0.29, 0.717) is 6.92 Å². The summed E-state index contributed by atoms with van der Waals surface area (Å²) in [5.74, 6) is -0.860. The van der Waals surface area contributed by atoms with Crippen molar-refractivity contribution in [3.63, 3.8) is 0 Å². The zero-order chi connectivity index (χ0) is 17.8. The number of amides is 1. The Balaban J connectivity index is 2.78. The number of ether oxygens (including phenoxy) is 2. The molecular formula is C14H16F3NO5. The van der Waals surface area contributed by atoms with Crippen LogP contribution < -0.4 is 10.1 Å². The van der Waals surface area contributed by atoms with E-state index in [1.807, 2.05) is 0 Å². The Morgan fingerprint density at radius 2 is 1.74 bits per heavy atom. The molecule has 0 saturated carbocycles. The van der Waals surface area contributed by atoms with Crippen LogP contribution in [0, 0.1) is 0 Å². The summed E-state index contributed by atoms with van der Waals surface area (Å²) in [5, 5.41) is 11.7. The maximum absolute atomic E-state index is 12.7. The van der Waals surface area contributed by atoms with Gasteiger partial charge in [-0.1, -0.05) is 12.1 Å². The Hall–Kier alpha value is -2.29. The molecule has 0 radical (unpaired) electrons. The Labute approximate surface area is 130 Å². The topological polar surface area (TPSA) is 84.9 Å². The minimum Gasteiger partial charge on any atom is -0.453 e. The average Bonchev–Trinajstić information content (AvgIpc) is 2.46. The lowest BCUT2D eigenvalue weighted by Crippen LogP contribution is -2.40. The molecule has 0 aromatic heterocycles. The number of halogens is 3. The number of alkyl carbamates (subject to hydrolysis) is 1. The third kappa shape index (κ3) is 4.59. The first-order valence-electron chi connectivity index (χ1n) is 6.45. The number of esters is 1. The smallest absolute Gasteiger partial charge is 0.421 e. The standard InChI is InChI=1S/C14H16F3NO5/c1-8(18-12(20)22-3)11(19)23-10-6-4-9(5-7-10)13(2,21)14(15,16)17/h4-8,21H,1-3H3,(H,18,20)/t8-,13?/m0/s1. The Morgan fingerprint density at radius 3 is 2.17 bits per heavy atom. The zero-order valence-corrected chi connectivity index (χ0v) is 12.6. The van der Waals surface area contributed by atoms with Gasteiger partial charge in [-0.3, -0.25) is 0 Å². The van der Waals surface area contributed by atoms with Gasteiger partial charge >= 0.3 is 18.2 Å². The van der Waals surface area contributed by atoms with Gasteiger partial charge < -0.3 is 19.9 Å². The van der Waals surface area contributed by atoms with Crippen LogP contribution in [0.4, 0.5) is 18.0 Å². The molecular weight excluding hydrogens is 319 g/mol. The van der Waals surface area contributed by atoms with Crippen LogP contribution in [0.5, 0.6) is 5.75 Å². The summed E-state index contributed by atoms with van der Waals surface area (Å²) >= 11 is 0. The molecule has 1 aromatic carbocycles. The van der Waals surface area contributed by atoms with Crippen molar-refractivity contribution in [3.8, 4) is 5.75 Å². The van der Waals surface area contributed by atoms with E-state index in [1.165, 1.54) is 6.92 Å². The Bertz CT molecular complexity index is 569. The number of methoxy groups -OCH3 is 1. The first-order chi connectivity index (χ1) is 10.5. The number of rotatable bonds is 4. The van der Waals surface area contributed by atoms with Crippen LogP contribution in [0.1, 0.15) is 19.4 Å². The van der Waals surface area contributed by atoms with Gasteiger partial charge in [0.15, 0.2) is 5.60 Å². The van der Waals surface area contributed by atoms with E-state index in [4.69, 9.17) is 4.74 Å². The molecule has 0 spiro atoms. The molecule has 0 aliphatic carbocycles. The molecule has 23 heavy (non-hydrogen) atoms.